The Hall–Kier alpha value is -2.45. The van der Waals surface area contributed by atoms with Crippen molar-refractivity contribution in [2.45, 2.75) is 31.8 Å². The summed E-state index contributed by atoms with van der Waals surface area (Å²) in [5.41, 5.74) is 2.46. The summed E-state index contributed by atoms with van der Waals surface area (Å²) in [6, 6.07) is 14.2. The maximum atomic E-state index is 14.4. The molecule has 0 bridgehead atoms. The Morgan fingerprint density at radius 2 is 1.54 bits per heavy atom. The van der Waals surface area contributed by atoms with Gasteiger partial charge in [0.05, 0.1) is 0 Å². The van der Waals surface area contributed by atoms with Crippen LogP contribution < -0.4 is 4.65 Å². The molecule has 7 nitrogen and oxygen atoms in total. The number of rotatable bonds is 4. The number of halogens is 1. The Bertz CT molecular complexity index is 1080. The first-order valence-corrected chi connectivity index (χ1v) is 12.9. The predicted molar refractivity (Wildman–Crippen MR) is 138 cm³/mol. The second-order valence-corrected chi connectivity index (χ2v) is 10.6. The summed E-state index contributed by atoms with van der Waals surface area (Å²) in [6.45, 7) is 4.59. The fourth-order valence-electron chi connectivity index (χ4n) is 5.74. The van der Waals surface area contributed by atoms with Crippen LogP contribution in [-0.2, 0) is 22.6 Å². The summed E-state index contributed by atoms with van der Waals surface area (Å²) < 4.78 is -0.684. The first kappa shape index (κ1) is 24.3. The predicted octanol–water partition coefficient (Wildman–Crippen LogP) is 3.28. The van der Waals surface area contributed by atoms with E-state index in [1.54, 1.807) is 12.1 Å². The Labute approximate surface area is 212 Å². The van der Waals surface area contributed by atoms with Crippen LogP contribution in [0.5, 0.6) is 0 Å². The van der Waals surface area contributed by atoms with E-state index in [-0.39, 0.29) is 24.3 Å². The fraction of sp³-hybridized carbons (Fsp3) is 0.481. The smallest absolute Gasteiger partial charge is 0.282 e. The van der Waals surface area contributed by atoms with Crippen LogP contribution in [0.25, 0.3) is 0 Å². The van der Waals surface area contributed by atoms with Crippen molar-refractivity contribution in [3.8, 4) is 0 Å². The molecule has 2 unspecified atom stereocenters. The number of fused-ring (bicyclic) bond motifs is 1. The van der Waals surface area contributed by atoms with Gasteiger partial charge >= 0.3 is 0 Å². The molecule has 3 heterocycles. The standard InChI is InChI=1S/C27H33ClN4O3/c1-29-14-16-31(17-15-29)26(33)21-10-12-30(13-11-21)27(34)25-18-22-4-2-3-5-24(22)32(25,35)19-20-6-8-23(28)9-7-20/h2-9,21,25H,10-19H2,1H3. The highest BCUT2D eigenvalue weighted by molar-refractivity contribution is 6.30. The Balaban J connectivity index is 1.28. The molecule has 2 fully saturated rings. The van der Waals surface area contributed by atoms with Gasteiger partial charge in [-0.25, -0.2) is 0 Å². The summed E-state index contributed by atoms with van der Waals surface area (Å²) in [7, 11) is 2.08. The van der Waals surface area contributed by atoms with Crippen LogP contribution in [0.15, 0.2) is 48.5 Å². The zero-order chi connectivity index (χ0) is 24.6. The number of piperidine rings is 1. The topological polar surface area (TPSA) is 66.9 Å². The molecule has 2 amide bonds. The number of piperazine rings is 1. The number of carbonyl (C=O) groups excluding carboxylic acids is 2. The third-order valence-corrected chi connectivity index (χ3v) is 8.15. The Kier molecular flexibility index (Phi) is 6.86. The maximum Gasteiger partial charge on any atom is 0.282 e. The number of para-hydroxylation sites is 1. The summed E-state index contributed by atoms with van der Waals surface area (Å²) >= 11 is 6.04. The summed E-state index contributed by atoms with van der Waals surface area (Å²) in [4.78, 5) is 32.8. The van der Waals surface area contributed by atoms with Crippen LogP contribution in [0.1, 0.15) is 24.0 Å². The largest absolute Gasteiger partial charge is 0.627 e. The quantitative estimate of drug-likeness (QED) is 0.481. The minimum Gasteiger partial charge on any atom is -0.627 e. The molecule has 0 radical (unpaired) electrons. The average Bonchev–Trinajstić information content (AvgIpc) is 3.17. The maximum absolute atomic E-state index is 14.4. The van der Waals surface area contributed by atoms with E-state index >= 15 is 0 Å². The number of benzene rings is 2. The highest BCUT2D eigenvalue weighted by atomic mass is 35.5. The molecular weight excluding hydrogens is 464 g/mol. The molecule has 2 aromatic rings. The average molecular weight is 497 g/mol. The van der Waals surface area contributed by atoms with Crippen LogP contribution in [0.3, 0.4) is 0 Å². The van der Waals surface area contributed by atoms with Gasteiger partial charge in [0.25, 0.3) is 5.91 Å². The van der Waals surface area contributed by atoms with Crippen LogP contribution in [0.4, 0.5) is 5.69 Å². The lowest BCUT2D eigenvalue weighted by Crippen LogP contribution is -2.58. The molecular formula is C27H33ClN4O3. The van der Waals surface area contributed by atoms with Gasteiger partial charge in [0.15, 0.2) is 6.04 Å². The molecule has 3 aliphatic rings. The molecule has 3 aliphatic heterocycles. The monoisotopic (exact) mass is 496 g/mol. The molecule has 0 aromatic heterocycles. The molecule has 0 N–H and O–H groups in total. The van der Waals surface area contributed by atoms with Gasteiger partial charge in [0.1, 0.15) is 12.2 Å². The van der Waals surface area contributed by atoms with Crippen molar-refractivity contribution < 1.29 is 9.59 Å². The number of likely N-dealkylation sites (tertiary alicyclic amines) is 1. The summed E-state index contributed by atoms with van der Waals surface area (Å²) in [5, 5.41) is 15.0. The van der Waals surface area contributed by atoms with Crippen molar-refractivity contribution in [3.63, 3.8) is 0 Å². The third kappa shape index (κ3) is 4.83. The van der Waals surface area contributed by atoms with Gasteiger partial charge in [0, 0.05) is 67.8 Å². The van der Waals surface area contributed by atoms with E-state index in [0.717, 1.165) is 37.3 Å². The molecule has 8 heteroatoms. The molecule has 35 heavy (non-hydrogen) atoms. The van der Waals surface area contributed by atoms with Gasteiger partial charge < -0.3 is 24.6 Å². The molecule has 0 aliphatic carbocycles. The number of amides is 2. The number of hydrogen-bond donors (Lipinski definition) is 0. The summed E-state index contributed by atoms with van der Waals surface area (Å²) in [5.74, 6) is 0.0784. The van der Waals surface area contributed by atoms with Gasteiger partial charge in [0.2, 0.25) is 5.91 Å². The van der Waals surface area contributed by atoms with Crippen molar-refractivity contribution in [2.75, 3.05) is 46.3 Å². The van der Waals surface area contributed by atoms with E-state index in [1.807, 2.05) is 46.2 Å². The normalized spacial score (nSPS) is 25.5. The van der Waals surface area contributed by atoms with Crippen LogP contribution in [0.2, 0.25) is 5.02 Å². The molecule has 0 saturated carbocycles. The van der Waals surface area contributed by atoms with Crippen LogP contribution >= 0.6 is 11.6 Å². The van der Waals surface area contributed by atoms with Gasteiger partial charge in [-0.2, -0.15) is 0 Å². The van der Waals surface area contributed by atoms with Crippen molar-refractivity contribution in [2.24, 2.45) is 5.92 Å². The fourth-order valence-corrected chi connectivity index (χ4v) is 5.87. The van der Waals surface area contributed by atoms with E-state index in [1.165, 1.54) is 0 Å². The second-order valence-electron chi connectivity index (χ2n) is 10.2. The van der Waals surface area contributed by atoms with E-state index in [4.69, 9.17) is 11.6 Å². The SMILES string of the molecule is CN1CCN(C(=O)C2CCN(C(=O)C3Cc4ccccc4[N+]3([O-])Cc3ccc(Cl)cc3)CC2)CC1. The lowest BCUT2D eigenvalue weighted by Gasteiger charge is -2.45. The van der Waals surface area contributed by atoms with Gasteiger partial charge in [-0.15, -0.1) is 0 Å². The first-order valence-electron chi connectivity index (χ1n) is 12.5. The van der Waals surface area contributed by atoms with Crippen LogP contribution in [-0.4, -0.2) is 78.9 Å². The summed E-state index contributed by atoms with van der Waals surface area (Å²) in [6.07, 6.45) is 1.76. The number of nitrogens with zero attached hydrogens (tertiary/aromatic N) is 4. The number of hydroxylamine groups is 2. The lowest BCUT2D eigenvalue weighted by atomic mass is 9.94. The highest BCUT2D eigenvalue weighted by Gasteiger charge is 2.47. The van der Waals surface area contributed by atoms with Gasteiger partial charge in [-0.3, -0.25) is 9.59 Å². The molecule has 0 spiro atoms. The number of quaternary nitrogens is 1. The Morgan fingerprint density at radius 1 is 0.914 bits per heavy atom. The zero-order valence-corrected chi connectivity index (χ0v) is 21.0. The van der Waals surface area contributed by atoms with E-state index in [9.17, 15) is 14.8 Å². The van der Waals surface area contributed by atoms with Crippen molar-refractivity contribution in [1.29, 1.82) is 0 Å². The molecule has 2 saturated heterocycles. The second kappa shape index (κ2) is 9.90. The van der Waals surface area contributed by atoms with E-state index in [0.29, 0.717) is 43.1 Å². The molecule has 2 atom stereocenters. The van der Waals surface area contributed by atoms with Crippen molar-refractivity contribution in [1.82, 2.24) is 19.3 Å². The Morgan fingerprint density at radius 3 is 2.23 bits per heavy atom. The lowest BCUT2D eigenvalue weighted by molar-refractivity contribution is -0.143. The number of carbonyl (C=O) groups is 2. The zero-order valence-electron chi connectivity index (χ0n) is 20.2. The molecule has 186 valence electrons. The number of likely N-dealkylation sites (N-methyl/N-ethyl adjacent to an activating group) is 1. The van der Waals surface area contributed by atoms with Crippen molar-refractivity contribution >= 4 is 29.1 Å². The highest BCUT2D eigenvalue weighted by Crippen LogP contribution is 2.41. The number of hydrogen-bond acceptors (Lipinski definition) is 4. The van der Waals surface area contributed by atoms with Gasteiger partial charge in [-0.1, -0.05) is 41.9 Å². The van der Waals surface area contributed by atoms with E-state index < -0.39 is 10.7 Å². The minimum absolute atomic E-state index is 0.0382. The minimum atomic E-state index is -0.715. The molecule has 5 rings (SSSR count). The van der Waals surface area contributed by atoms with Crippen molar-refractivity contribution in [3.05, 3.63) is 69.9 Å². The molecule has 2 aromatic carbocycles. The van der Waals surface area contributed by atoms with E-state index in [2.05, 4.69) is 11.9 Å². The van der Waals surface area contributed by atoms with Gasteiger partial charge in [-0.05, 0) is 38.1 Å². The first-order chi connectivity index (χ1) is 16.8. The third-order valence-electron chi connectivity index (χ3n) is 7.90. The van der Waals surface area contributed by atoms with Crippen LogP contribution in [0, 0.1) is 11.1 Å².